The highest BCUT2D eigenvalue weighted by Crippen LogP contribution is 2.27. The number of nitrogens with one attached hydrogen (secondary N) is 1. The summed E-state index contributed by atoms with van der Waals surface area (Å²) < 4.78 is 9.35. The van der Waals surface area contributed by atoms with Crippen LogP contribution in [0.5, 0.6) is 0 Å². The summed E-state index contributed by atoms with van der Waals surface area (Å²) in [5.74, 6) is -2.27. The van der Waals surface area contributed by atoms with Gasteiger partial charge in [-0.3, -0.25) is 9.59 Å². The molecule has 0 aliphatic rings. The molecule has 2 atom stereocenters. The third-order valence-corrected chi connectivity index (χ3v) is 3.82. The Balaban J connectivity index is 2.52. The lowest BCUT2D eigenvalue weighted by Gasteiger charge is -2.24. The molecule has 0 aromatic heterocycles. The molecule has 0 saturated carbocycles. The number of alkyl carbamates (subject to hydrolysis) is 1. The van der Waals surface area contributed by atoms with Gasteiger partial charge < -0.3 is 14.8 Å². The van der Waals surface area contributed by atoms with Crippen LogP contribution in [-0.2, 0) is 19.1 Å². The average Bonchev–Trinajstić information content (AvgIpc) is 2.59. The van der Waals surface area contributed by atoms with Crippen LogP contribution in [0.3, 0.4) is 0 Å². The first-order valence-corrected chi connectivity index (χ1v) is 7.39. The van der Waals surface area contributed by atoms with Gasteiger partial charge in [-0.05, 0) is 29.3 Å². The lowest BCUT2D eigenvalue weighted by molar-refractivity contribution is -0.150. The molecule has 6 nitrogen and oxygen atoms in total. The second-order valence-corrected chi connectivity index (χ2v) is 5.33. The van der Waals surface area contributed by atoms with Crippen molar-refractivity contribution in [2.75, 3.05) is 14.2 Å². The molecule has 0 radical (unpaired) electrons. The molecule has 126 valence electrons. The van der Waals surface area contributed by atoms with Gasteiger partial charge in [-0.25, -0.2) is 4.79 Å². The first-order valence-electron chi connectivity index (χ1n) is 7.39. The standard InChI is InChI=1S/C18H19NO5/c1-11(20)15(17(21)23-2)16(19-18(22)24-3)14-9-8-12-6-4-5-7-13(12)10-14/h4-10,15-16H,1-3H3,(H,19,22)/t15?,16-/m0/s1. The number of hydrogen-bond acceptors (Lipinski definition) is 5. The maximum Gasteiger partial charge on any atom is 0.407 e. The van der Waals surface area contributed by atoms with Gasteiger partial charge in [0.05, 0.1) is 20.3 Å². The Morgan fingerprint density at radius 1 is 0.958 bits per heavy atom. The summed E-state index contributed by atoms with van der Waals surface area (Å²) in [6.45, 7) is 1.29. The van der Waals surface area contributed by atoms with E-state index in [4.69, 9.17) is 4.74 Å². The van der Waals surface area contributed by atoms with E-state index in [9.17, 15) is 14.4 Å². The Bertz CT molecular complexity index is 771. The number of ether oxygens (including phenoxy) is 2. The Kier molecular flexibility index (Phi) is 5.52. The van der Waals surface area contributed by atoms with E-state index >= 15 is 0 Å². The van der Waals surface area contributed by atoms with E-state index in [1.54, 1.807) is 6.07 Å². The minimum absolute atomic E-state index is 0.406. The van der Waals surface area contributed by atoms with Gasteiger partial charge in [0.1, 0.15) is 11.7 Å². The van der Waals surface area contributed by atoms with Crippen LogP contribution >= 0.6 is 0 Å². The summed E-state index contributed by atoms with van der Waals surface area (Å²) >= 11 is 0. The second-order valence-electron chi connectivity index (χ2n) is 5.33. The molecule has 1 amide bonds. The number of hydrogen-bond donors (Lipinski definition) is 1. The third kappa shape index (κ3) is 3.71. The first kappa shape index (κ1) is 17.5. The summed E-state index contributed by atoms with van der Waals surface area (Å²) in [6.07, 6.45) is -0.733. The van der Waals surface area contributed by atoms with Crippen molar-refractivity contribution in [3.8, 4) is 0 Å². The molecule has 0 saturated heterocycles. The number of rotatable bonds is 5. The summed E-state index contributed by atoms with van der Waals surface area (Å²) in [4.78, 5) is 35.8. The third-order valence-electron chi connectivity index (χ3n) is 3.82. The fraction of sp³-hybridized carbons (Fsp3) is 0.278. The summed E-state index contributed by atoms with van der Waals surface area (Å²) in [5.41, 5.74) is 0.615. The molecule has 0 aliphatic carbocycles. The number of Topliss-reactive ketones (excluding diaryl/α,β-unsaturated/α-hetero) is 1. The van der Waals surface area contributed by atoms with Crippen LogP contribution in [-0.4, -0.2) is 32.1 Å². The van der Waals surface area contributed by atoms with E-state index in [2.05, 4.69) is 10.1 Å². The van der Waals surface area contributed by atoms with Gasteiger partial charge in [0.15, 0.2) is 0 Å². The van der Waals surface area contributed by atoms with Gasteiger partial charge in [-0.1, -0.05) is 36.4 Å². The quantitative estimate of drug-likeness (QED) is 0.673. The number of benzene rings is 2. The van der Waals surface area contributed by atoms with Crippen LogP contribution in [0, 0.1) is 5.92 Å². The predicted molar refractivity (Wildman–Crippen MR) is 88.4 cm³/mol. The Morgan fingerprint density at radius 2 is 1.62 bits per heavy atom. The molecule has 0 heterocycles. The highest BCUT2D eigenvalue weighted by atomic mass is 16.5. The van der Waals surface area contributed by atoms with E-state index < -0.39 is 29.8 Å². The maximum atomic E-state index is 12.1. The molecule has 2 rings (SSSR count). The summed E-state index contributed by atoms with van der Waals surface area (Å²) in [5, 5.41) is 4.50. The van der Waals surface area contributed by atoms with Gasteiger partial charge in [-0.2, -0.15) is 0 Å². The molecule has 1 unspecified atom stereocenters. The fourth-order valence-corrected chi connectivity index (χ4v) is 2.61. The molecule has 0 bridgehead atoms. The monoisotopic (exact) mass is 329 g/mol. The van der Waals surface area contributed by atoms with Crippen LogP contribution in [0.1, 0.15) is 18.5 Å². The fourth-order valence-electron chi connectivity index (χ4n) is 2.61. The van der Waals surface area contributed by atoms with Crippen molar-refractivity contribution in [3.63, 3.8) is 0 Å². The van der Waals surface area contributed by atoms with Crippen LogP contribution in [0.15, 0.2) is 42.5 Å². The maximum absolute atomic E-state index is 12.1. The van der Waals surface area contributed by atoms with Crippen LogP contribution in [0.2, 0.25) is 0 Å². The smallest absolute Gasteiger partial charge is 0.407 e. The largest absolute Gasteiger partial charge is 0.468 e. The highest BCUT2D eigenvalue weighted by Gasteiger charge is 2.36. The minimum atomic E-state index is -1.16. The van der Waals surface area contributed by atoms with Crippen molar-refractivity contribution < 1.29 is 23.9 Å². The lowest BCUT2D eigenvalue weighted by atomic mass is 9.89. The Labute approximate surface area is 139 Å². The highest BCUT2D eigenvalue weighted by molar-refractivity contribution is 5.99. The molecule has 6 heteroatoms. The first-order chi connectivity index (χ1) is 11.5. The van der Waals surface area contributed by atoms with Crippen LogP contribution in [0.25, 0.3) is 10.8 Å². The number of carbonyl (C=O) groups is 3. The topological polar surface area (TPSA) is 81.7 Å². The average molecular weight is 329 g/mol. The summed E-state index contributed by atoms with van der Waals surface area (Å²) in [7, 11) is 2.42. The molecule has 24 heavy (non-hydrogen) atoms. The van der Waals surface area contributed by atoms with Crippen molar-refractivity contribution in [3.05, 3.63) is 48.0 Å². The number of fused-ring (bicyclic) bond motifs is 1. The van der Waals surface area contributed by atoms with E-state index in [1.807, 2.05) is 36.4 Å². The minimum Gasteiger partial charge on any atom is -0.468 e. The molecule has 1 N–H and O–H groups in total. The normalized spacial score (nSPS) is 13.0. The Morgan fingerprint density at radius 3 is 2.21 bits per heavy atom. The molecule has 0 spiro atoms. The SMILES string of the molecule is COC(=O)N[C@@H](c1ccc2ccccc2c1)C(C(C)=O)C(=O)OC. The van der Waals surface area contributed by atoms with Gasteiger partial charge in [0.25, 0.3) is 0 Å². The Hall–Kier alpha value is -2.89. The van der Waals surface area contributed by atoms with E-state index in [0.717, 1.165) is 10.8 Å². The number of esters is 1. The van der Waals surface area contributed by atoms with E-state index in [0.29, 0.717) is 5.56 Å². The molecule has 2 aromatic carbocycles. The van der Waals surface area contributed by atoms with Crippen LogP contribution < -0.4 is 5.32 Å². The molecule has 2 aromatic rings. The lowest BCUT2D eigenvalue weighted by Crippen LogP contribution is -2.40. The van der Waals surface area contributed by atoms with Crippen molar-refractivity contribution >= 4 is 28.6 Å². The van der Waals surface area contributed by atoms with Crippen molar-refractivity contribution in [1.82, 2.24) is 5.32 Å². The number of carbonyl (C=O) groups excluding carboxylic acids is 3. The van der Waals surface area contributed by atoms with Crippen LogP contribution in [0.4, 0.5) is 4.79 Å². The van der Waals surface area contributed by atoms with Gasteiger partial charge in [0.2, 0.25) is 0 Å². The molecular weight excluding hydrogens is 310 g/mol. The molecule has 0 aliphatic heterocycles. The zero-order valence-electron chi connectivity index (χ0n) is 13.7. The number of amides is 1. The second kappa shape index (κ2) is 7.59. The number of methoxy groups -OCH3 is 2. The number of ketones is 1. The molecular formula is C18H19NO5. The molecule has 0 fully saturated rings. The van der Waals surface area contributed by atoms with Crippen molar-refractivity contribution in [2.24, 2.45) is 5.92 Å². The van der Waals surface area contributed by atoms with Crippen molar-refractivity contribution in [2.45, 2.75) is 13.0 Å². The van der Waals surface area contributed by atoms with Gasteiger partial charge in [-0.15, -0.1) is 0 Å². The van der Waals surface area contributed by atoms with E-state index in [-0.39, 0.29) is 0 Å². The zero-order valence-corrected chi connectivity index (χ0v) is 13.7. The van der Waals surface area contributed by atoms with Crippen molar-refractivity contribution in [1.29, 1.82) is 0 Å². The predicted octanol–water partition coefficient (Wildman–Crippen LogP) is 2.62. The van der Waals surface area contributed by atoms with Gasteiger partial charge in [0, 0.05) is 0 Å². The van der Waals surface area contributed by atoms with Gasteiger partial charge >= 0.3 is 12.1 Å². The zero-order chi connectivity index (χ0) is 17.7. The van der Waals surface area contributed by atoms with E-state index in [1.165, 1.54) is 21.1 Å². The summed E-state index contributed by atoms with van der Waals surface area (Å²) in [6, 6.07) is 12.2.